The van der Waals surface area contributed by atoms with Crippen molar-refractivity contribution in [2.75, 3.05) is 13.2 Å². The molecular weight excluding hydrogens is 1900 g/mol. The molecule has 16 nitrogen and oxygen atoms in total. The van der Waals surface area contributed by atoms with Crippen molar-refractivity contribution in [1.82, 2.24) is 0 Å². The van der Waals surface area contributed by atoms with Gasteiger partial charge in [0, 0.05) is 31.6 Å². The van der Waals surface area contributed by atoms with Crippen LogP contribution in [0, 0.1) is 20.8 Å². The molecule has 0 spiro atoms. The minimum Gasteiger partial charge on any atom is -0.493 e. The molecule has 0 amide bonds. The van der Waals surface area contributed by atoms with Crippen LogP contribution in [-0.2, 0) is 136 Å². The number of carbonyl (C=O) groups is 1. The molecule has 0 saturated heterocycles. The van der Waals surface area contributed by atoms with Crippen LogP contribution in [0.15, 0.2) is 317 Å². The summed E-state index contributed by atoms with van der Waals surface area (Å²) in [6.45, 7) is 15.7. The molecule has 0 aromatic heterocycles. The summed E-state index contributed by atoms with van der Waals surface area (Å²) in [5.74, 6) is 5.56. The molecule has 136 heavy (non-hydrogen) atoms. The molecule has 14 aromatic rings. The third-order valence-electron chi connectivity index (χ3n) is 22.4. The third kappa shape index (κ3) is 34.3. The maximum Gasteiger partial charge on any atom is 0.338 e. The average Bonchev–Trinajstić information content (AvgIpc) is 0.828. The summed E-state index contributed by atoms with van der Waals surface area (Å²) in [6.07, 6.45) is 9.56. The molecule has 19 heteroatoms. The summed E-state index contributed by atoms with van der Waals surface area (Å²) in [5.41, 5.74) is 19.5. The lowest BCUT2D eigenvalue weighted by molar-refractivity contribution is 0.0525. The van der Waals surface area contributed by atoms with E-state index in [-0.39, 0.29) is 59.5 Å². The number of carbonyl (C=O) groups excluding carboxylic acids is 1. The Morgan fingerprint density at radius 1 is 0.228 bits per heavy atom. The van der Waals surface area contributed by atoms with Crippen LogP contribution in [-0.4, -0.2) is 19.2 Å². The van der Waals surface area contributed by atoms with Gasteiger partial charge in [-0.3, -0.25) is 0 Å². The van der Waals surface area contributed by atoms with Crippen LogP contribution in [0.3, 0.4) is 0 Å². The van der Waals surface area contributed by atoms with E-state index in [1.165, 1.54) is 49.7 Å². The molecule has 704 valence electrons. The first-order valence-electron chi connectivity index (χ1n) is 46.6. The second kappa shape index (κ2) is 53.4. The minimum absolute atomic E-state index is 0.0703. The summed E-state index contributed by atoms with van der Waals surface area (Å²) in [5, 5.41) is 0. The van der Waals surface area contributed by atoms with E-state index in [0.29, 0.717) is 135 Å². The molecule has 14 aromatic carbocycles. The highest BCUT2D eigenvalue weighted by Gasteiger charge is 2.19. The Balaban J connectivity index is 0.726. The molecule has 0 aliphatic carbocycles. The van der Waals surface area contributed by atoms with Crippen molar-refractivity contribution in [3.8, 4) is 57.5 Å². The first-order valence-corrected chi connectivity index (χ1v) is 49.0. The number of aryl methyl sites for hydroxylation is 3. The molecule has 0 heterocycles. The molecular formula is C117H119Br3O16. The van der Waals surface area contributed by atoms with E-state index in [0.717, 1.165) is 121 Å². The molecule has 14 rings (SSSR count). The highest BCUT2D eigenvalue weighted by atomic mass is 79.9. The molecule has 0 unspecified atom stereocenters. The number of esters is 1. The molecule has 0 aliphatic rings. The Morgan fingerprint density at radius 2 is 0.529 bits per heavy atom. The maximum atomic E-state index is 14.0. The lowest BCUT2D eigenvalue weighted by Gasteiger charge is -2.16. The van der Waals surface area contributed by atoms with Gasteiger partial charge in [0.1, 0.15) is 117 Å². The zero-order chi connectivity index (χ0) is 94.3. The van der Waals surface area contributed by atoms with Crippen molar-refractivity contribution < 1.29 is 75.8 Å². The van der Waals surface area contributed by atoms with Gasteiger partial charge in [-0.15, -0.1) is 0 Å². The minimum atomic E-state index is -0.509. The lowest BCUT2D eigenvalue weighted by Crippen LogP contribution is -2.07. The summed E-state index contributed by atoms with van der Waals surface area (Å²) in [4.78, 5) is 14.0. The third-order valence-corrected chi connectivity index (χ3v) is 23.9. The SMILES string of the molecule is CCCCCCCCCCOc1cc(COc2cc(COCc3cc(OCc4cc(COCc5cc(COCc6ccccc6C)cc(OCc6ccc(Br)cc6)c5)cc(OCc5cc(COCc6cccc(C)c6)cc(OCc6cccc(Br)c6)c5)c4)cc(C(=O)OCC)c3)cc(OCc3cc(OCc4cccc(C)c4)cc(OCc4cccc(Br)c4)c3)c2)cc(OCc2ccccc2)c1. The molecule has 0 atom stereocenters. The highest BCUT2D eigenvalue weighted by molar-refractivity contribution is 9.11. The molecule has 0 radical (unpaired) electrons. The number of unbranched alkanes of at least 4 members (excludes halogenated alkanes) is 7. The molecule has 0 aliphatic heterocycles. The van der Waals surface area contributed by atoms with Gasteiger partial charge >= 0.3 is 5.97 Å². The predicted octanol–water partition coefficient (Wildman–Crippen LogP) is 29.7. The summed E-state index contributed by atoms with van der Waals surface area (Å²) < 4.78 is 101. The summed E-state index contributed by atoms with van der Waals surface area (Å²) in [7, 11) is 0. The van der Waals surface area contributed by atoms with Crippen LogP contribution in [0.25, 0.3) is 0 Å². The number of halogens is 3. The molecule has 0 N–H and O–H groups in total. The van der Waals surface area contributed by atoms with Gasteiger partial charge in [-0.2, -0.15) is 0 Å². The van der Waals surface area contributed by atoms with Crippen molar-refractivity contribution in [3.05, 3.63) is 434 Å². The topological polar surface area (TPSA) is 156 Å². The van der Waals surface area contributed by atoms with E-state index in [4.69, 9.17) is 71.1 Å². The molecule has 0 bridgehead atoms. The van der Waals surface area contributed by atoms with Gasteiger partial charge in [0.25, 0.3) is 0 Å². The van der Waals surface area contributed by atoms with E-state index >= 15 is 0 Å². The van der Waals surface area contributed by atoms with Gasteiger partial charge < -0.3 is 71.1 Å². The van der Waals surface area contributed by atoms with Gasteiger partial charge in [-0.1, -0.05) is 256 Å². The van der Waals surface area contributed by atoms with Crippen LogP contribution >= 0.6 is 47.8 Å². The fourth-order valence-corrected chi connectivity index (χ4v) is 16.7. The zero-order valence-electron chi connectivity index (χ0n) is 78.1. The zero-order valence-corrected chi connectivity index (χ0v) is 82.9. The standard InChI is InChI=1S/C117H119Br3O16/c1-6-8-9-10-11-12-13-19-40-127-111-58-100(59-114(63-111)129-73-86-27-15-14-16-28-86)80-135-112-56-99(57-113(64-112)136-81-101-60-115(131-75-89-30-21-25-84(4)42-89)65-116(61-101)132-77-91-32-23-35-106(120)48-91)72-124-71-98-46-103(117(121)126-7-2)62-110(55-98)134-79-97-45-95(69-123-68-92-43-93(70-125-82-102-33-18-17-26-85(102)5)50-107(49-92)128-74-87-36-38-104(118)39-37-87)52-109(54-97)133-78-96-44-94(67-122-66-88-29-20-24-83(3)41-88)51-108(53-96)130-76-90-31-22-34-105(119)47-90/h14-18,20-39,41-65H,6-13,19,40,66-82H2,1-5H3. The Labute approximate surface area is 826 Å². The van der Waals surface area contributed by atoms with E-state index < -0.39 is 5.97 Å². The van der Waals surface area contributed by atoms with Crippen LogP contribution in [0.1, 0.15) is 187 Å². The Morgan fingerprint density at radius 3 is 0.941 bits per heavy atom. The Bertz CT molecular complexity index is 6080. The van der Waals surface area contributed by atoms with Crippen molar-refractivity contribution in [2.24, 2.45) is 0 Å². The number of hydrogen-bond donors (Lipinski definition) is 0. The number of ether oxygens (including phenoxy) is 15. The van der Waals surface area contributed by atoms with Gasteiger partial charge in [0.15, 0.2) is 0 Å². The monoisotopic (exact) mass is 2020 g/mol. The van der Waals surface area contributed by atoms with E-state index in [2.05, 4.69) is 148 Å². The largest absolute Gasteiger partial charge is 0.493 e. The normalized spacial score (nSPS) is 11.1. The van der Waals surface area contributed by atoms with Crippen LogP contribution in [0.5, 0.6) is 57.5 Å². The fraction of sp³-hybridized carbons (Fsp3) is 0.274. The highest BCUT2D eigenvalue weighted by Crippen LogP contribution is 2.35. The van der Waals surface area contributed by atoms with E-state index in [1.807, 2.05) is 218 Å². The fourth-order valence-electron chi connectivity index (χ4n) is 15.6. The van der Waals surface area contributed by atoms with Crippen molar-refractivity contribution in [3.63, 3.8) is 0 Å². The Kier molecular flexibility index (Phi) is 39.2. The van der Waals surface area contributed by atoms with Crippen molar-refractivity contribution in [2.45, 2.75) is 198 Å². The molecule has 0 fully saturated rings. The van der Waals surface area contributed by atoms with E-state index in [9.17, 15) is 4.79 Å². The quantitative estimate of drug-likeness (QED) is 0.0262. The lowest BCUT2D eigenvalue weighted by atomic mass is 10.1. The summed E-state index contributed by atoms with van der Waals surface area (Å²) >= 11 is 10.8. The molecule has 0 saturated carbocycles. The number of benzene rings is 14. The van der Waals surface area contributed by atoms with Gasteiger partial charge in [0.2, 0.25) is 0 Å². The van der Waals surface area contributed by atoms with Crippen molar-refractivity contribution in [1.29, 1.82) is 0 Å². The van der Waals surface area contributed by atoms with Crippen LogP contribution in [0.4, 0.5) is 0 Å². The second-order valence-electron chi connectivity index (χ2n) is 34.1. The van der Waals surface area contributed by atoms with Gasteiger partial charge in [0.05, 0.1) is 71.6 Å². The number of hydrogen-bond acceptors (Lipinski definition) is 16. The smallest absolute Gasteiger partial charge is 0.338 e. The summed E-state index contributed by atoms with van der Waals surface area (Å²) in [6, 6.07) is 101. The average molecular weight is 2020 g/mol. The maximum absolute atomic E-state index is 14.0. The first-order chi connectivity index (χ1) is 66.5. The van der Waals surface area contributed by atoms with Gasteiger partial charge in [-0.25, -0.2) is 4.79 Å². The van der Waals surface area contributed by atoms with Crippen LogP contribution in [0.2, 0.25) is 0 Å². The number of rotatable bonds is 55. The van der Waals surface area contributed by atoms with Gasteiger partial charge in [-0.05, 0) is 274 Å². The Hall–Kier alpha value is -12.2. The first kappa shape index (κ1) is 99.8. The van der Waals surface area contributed by atoms with Crippen molar-refractivity contribution >= 4 is 53.8 Å². The predicted molar refractivity (Wildman–Crippen MR) is 545 cm³/mol. The second-order valence-corrected chi connectivity index (χ2v) is 36.9. The van der Waals surface area contributed by atoms with E-state index in [1.54, 1.807) is 19.1 Å². The van der Waals surface area contributed by atoms with Crippen LogP contribution < -0.4 is 47.4 Å².